The van der Waals surface area contributed by atoms with Gasteiger partial charge in [-0.2, -0.15) is 0 Å². The van der Waals surface area contributed by atoms with Gasteiger partial charge < -0.3 is 24.5 Å². The van der Waals surface area contributed by atoms with E-state index in [1.165, 1.54) is 0 Å². The van der Waals surface area contributed by atoms with Gasteiger partial charge in [0.25, 0.3) is 0 Å². The minimum absolute atomic E-state index is 0.0418. The van der Waals surface area contributed by atoms with Gasteiger partial charge in [0.1, 0.15) is 24.2 Å². The number of hydrogen-bond donors (Lipinski definition) is 3. The lowest BCUT2D eigenvalue weighted by atomic mass is 10.1. The minimum atomic E-state index is -0.772. The van der Waals surface area contributed by atoms with Gasteiger partial charge in [-0.15, -0.1) is 5.73 Å². The molecule has 1 aromatic heterocycles. The highest BCUT2D eigenvalue weighted by molar-refractivity contribution is 5.10. The summed E-state index contributed by atoms with van der Waals surface area (Å²) < 4.78 is 10.2. The van der Waals surface area contributed by atoms with Gasteiger partial charge in [-0.3, -0.25) is 0 Å². The van der Waals surface area contributed by atoms with Crippen LogP contribution in [0.25, 0.3) is 0 Å². The first kappa shape index (κ1) is 15.7. The highest BCUT2D eigenvalue weighted by Gasteiger charge is 2.10. The summed E-state index contributed by atoms with van der Waals surface area (Å²) in [5, 5.41) is 27.6. The second-order valence-corrected chi connectivity index (χ2v) is 4.07. The van der Waals surface area contributed by atoms with Crippen molar-refractivity contribution < 1.29 is 24.5 Å². The van der Waals surface area contributed by atoms with Crippen molar-refractivity contribution >= 4 is 0 Å². The third-order valence-corrected chi connectivity index (χ3v) is 2.55. The first-order valence-electron chi connectivity index (χ1n) is 6.11. The van der Waals surface area contributed by atoms with Crippen molar-refractivity contribution in [2.75, 3.05) is 20.3 Å². The van der Waals surface area contributed by atoms with E-state index in [4.69, 9.17) is 19.4 Å². The predicted octanol–water partition coefficient (Wildman–Crippen LogP) is 1.31. The van der Waals surface area contributed by atoms with Crippen LogP contribution in [0.2, 0.25) is 0 Å². The van der Waals surface area contributed by atoms with Crippen LogP contribution in [0.1, 0.15) is 30.5 Å². The van der Waals surface area contributed by atoms with Crippen molar-refractivity contribution in [2.24, 2.45) is 0 Å². The van der Waals surface area contributed by atoms with Crippen LogP contribution < -0.4 is 0 Å². The molecule has 0 bridgehead atoms. The smallest absolute Gasteiger partial charge is 0.133 e. The predicted molar refractivity (Wildman–Crippen MR) is 69.4 cm³/mol. The minimum Gasteiger partial charge on any atom is -0.461 e. The molecule has 1 aromatic rings. The molecule has 1 heterocycles. The Morgan fingerprint density at radius 2 is 2.26 bits per heavy atom. The van der Waals surface area contributed by atoms with Gasteiger partial charge in [0.2, 0.25) is 0 Å². The number of ether oxygens (including phenoxy) is 1. The van der Waals surface area contributed by atoms with Crippen molar-refractivity contribution in [3.63, 3.8) is 0 Å². The summed E-state index contributed by atoms with van der Waals surface area (Å²) in [5.41, 5.74) is 3.84. The Morgan fingerprint density at radius 3 is 2.84 bits per heavy atom. The van der Waals surface area contributed by atoms with Gasteiger partial charge in [0.15, 0.2) is 0 Å². The Balaban J connectivity index is 2.60. The van der Waals surface area contributed by atoms with Crippen LogP contribution in [0, 0.1) is 0 Å². The fraction of sp³-hybridized carbons (Fsp3) is 0.500. The summed E-state index contributed by atoms with van der Waals surface area (Å²) in [4.78, 5) is 0. The number of methoxy groups -OCH3 is 1. The molecule has 0 aliphatic carbocycles. The molecule has 0 fully saturated rings. The fourth-order valence-corrected chi connectivity index (χ4v) is 1.58. The molecule has 0 saturated heterocycles. The standard InChI is InChI=1S/C14H20O5/c1-18-10-11(7-8-15)3-2-4-13(17)14-6-5-12(9-16)19-14/h2,5-6,13,15-17H,4,7-10H2,1H3/t3?,13-/m1/s1. The van der Waals surface area contributed by atoms with Crippen LogP contribution in [0.4, 0.5) is 0 Å². The third kappa shape index (κ3) is 5.42. The van der Waals surface area contributed by atoms with E-state index < -0.39 is 6.10 Å². The van der Waals surface area contributed by atoms with Gasteiger partial charge in [-0.05, 0) is 23.8 Å². The monoisotopic (exact) mass is 268 g/mol. The average molecular weight is 268 g/mol. The van der Waals surface area contributed by atoms with Crippen LogP contribution >= 0.6 is 0 Å². The van der Waals surface area contributed by atoms with Crippen molar-refractivity contribution in [1.29, 1.82) is 0 Å². The van der Waals surface area contributed by atoms with E-state index in [0.717, 1.165) is 5.57 Å². The van der Waals surface area contributed by atoms with E-state index in [1.807, 2.05) is 0 Å². The zero-order valence-electron chi connectivity index (χ0n) is 11.0. The third-order valence-electron chi connectivity index (χ3n) is 2.55. The lowest BCUT2D eigenvalue weighted by molar-refractivity contribution is 0.145. The molecule has 1 rings (SSSR count). The molecule has 0 aliphatic rings. The zero-order chi connectivity index (χ0) is 14.1. The van der Waals surface area contributed by atoms with Crippen LogP contribution in [-0.2, 0) is 11.3 Å². The number of aliphatic hydroxyl groups excluding tert-OH is 3. The van der Waals surface area contributed by atoms with Crippen molar-refractivity contribution in [3.8, 4) is 0 Å². The lowest BCUT2D eigenvalue weighted by Gasteiger charge is -2.03. The molecular formula is C14H20O5. The molecule has 0 aromatic carbocycles. The molecule has 3 N–H and O–H groups in total. The van der Waals surface area contributed by atoms with E-state index in [9.17, 15) is 5.11 Å². The molecule has 0 spiro atoms. The van der Waals surface area contributed by atoms with Gasteiger partial charge in [-0.25, -0.2) is 0 Å². The zero-order valence-corrected chi connectivity index (χ0v) is 11.0. The number of aliphatic hydroxyl groups is 3. The molecule has 5 heteroatoms. The summed E-state index contributed by atoms with van der Waals surface area (Å²) in [6, 6.07) is 3.26. The molecule has 0 aliphatic heterocycles. The Bertz CT molecular complexity index is 421. The van der Waals surface area contributed by atoms with E-state index >= 15 is 0 Å². The lowest BCUT2D eigenvalue weighted by Crippen LogP contribution is -1.96. The molecule has 0 saturated carbocycles. The normalized spacial score (nSPS) is 12.0. The van der Waals surface area contributed by atoms with Crippen molar-refractivity contribution in [2.45, 2.75) is 25.6 Å². The Kier molecular flexibility index (Phi) is 7.18. The van der Waals surface area contributed by atoms with Gasteiger partial charge in [-0.1, -0.05) is 0 Å². The Morgan fingerprint density at radius 1 is 1.47 bits per heavy atom. The van der Waals surface area contributed by atoms with E-state index in [0.29, 0.717) is 31.0 Å². The summed E-state index contributed by atoms with van der Waals surface area (Å²) >= 11 is 0. The van der Waals surface area contributed by atoms with Crippen LogP contribution in [-0.4, -0.2) is 35.6 Å². The van der Waals surface area contributed by atoms with Crippen molar-refractivity contribution in [3.05, 3.63) is 41.0 Å². The highest BCUT2D eigenvalue weighted by Crippen LogP contribution is 2.19. The summed E-state index contributed by atoms with van der Waals surface area (Å²) in [5.74, 6) is 0.839. The summed E-state index contributed by atoms with van der Waals surface area (Å²) in [7, 11) is 1.58. The number of hydrogen-bond acceptors (Lipinski definition) is 5. The van der Waals surface area contributed by atoms with Gasteiger partial charge in [0, 0.05) is 26.6 Å². The summed E-state index contributed by atoms with van der Waals surface area (Å²) in [6.07, 6.45) is 1.76. The molecule has 1 atom stereocenters. The maximum absolute atomic E-state index is 9.87. The van der Waals surface area contributed by atoms with Gasteiger partial charge >= 0.3 is 0 Å². The fourth-order valence-electron chi connectivity index (χ4n) is 1.58. The highest BCUT2D eigenvalue weighted by atomic mass is 16.5. The maximum atomic E-state index is 9.87. The van der Waals surface area contributed by atoms with E-state index in [1.54, 1.807) is 25.3 Å². The molecule has 5 nitrogen and oxygen atoms in total. The van der Waals surface area contributed by atoms with Crippen LogP contribution in [0.3, 0.4) is 0 Å². The second kappa shape index (κ2) is 8.69. The van der Waals surface area contributed by atoms with Gasteiger partial charge in [0.05, 0.1) is 6.61 Å². The topological polar surface area (TPSA) is 83.1 Å². The van der Waals surface area contributed by atoms with E-state index in [-0.39, 0.29) is 13.2 Å². The molecule has 19 heavy (non-hydrogen) atoms. The van der Waals surface area contributed by atoms with Crippen LogP contribution in [0.15, 0.2) is 33.9 Å². The number of rotatable bonds is 8. The molecule has 0 amide bonds. The second-order valence-electron chi connectivity index (χ2n) is 4.07. The largest absolute Gasteiger partial charge is 0.461 e. The quantitative estimate of drug-likeness (QED) is 0.619. The molecular weight excluding hydrogens is 248 g/mol. The first-order valence-corrected chi connectivity index (χ1v) is 6.11. The maximum Gasteiger partial charge on any atom is 0.133 e. The Hall–Kier alpha value is -1.36. The molecule has 0 radical (unpaired) electrons. The van der Waals surface area contributed by atoms with E-state index in [2.05, 4.69) is 5.73 Å². The van der Waals surface area contributed by atoms with Crippen molar-refractivity contribution in [1.82, 2.24) is 0 Å². The first-order chi connectivity index (χ1) is 9.21. The number of furan rings is 1. The van der Waals surface area contributed by atoms with Crippen LogP contribution in [0.5, 0.6) is 0 Å². The average Bonchev–Trinajstić information content (AvgIpc) is 2.88. The SMILES string of the molecule is COCC(=C=CC[C@@H](O)c1ccc(CO)o1)CCO. The molecule has 106 valence electrons. The Labute approximate surface area is 112 Å². The molecule has 0 unspecified atom stereocenters. The summed E-state index contributed by atoms with van der Waals surface area (Å²) in [6.45, 7) is 0.264.